The molecule has 0 saturated carbocycles. The highest BCUT2D eigenvalue weighted by Gasteiger charge is 2.37. The van der Waals surface area contributed by atoms with Gasteiger partial charge in [-0.25, -0.2) is 0 Å². The summed E-state index contributed by atoms with van der Waals surface area (Å²) in [7, 11) is 0. The molecule has 66 heavy (non-hydrogen) atoms. The average Bonchev–Trinajstić information content (AvgIpc) is 3.62. The molecule has 0 spiro atoms. The highest BCUT2D eigenvalue weighted by molar-refractivity contribution is 6.12. The van der Waals surface area contributed by atoms with Crippen molar-refractivity contribution in [3.63, 3.8) is 0 Å². The summed E-state index contributed by atoms with van der Waals surface area (Å²) >= 11 is 0. The van der Waals surface area contributed by atoms with Crippen LogP contribution in [0.3, 0.4) is 0 Å². The molecule has 0 radical (unpaired) electrons. The van der Waals surface area contributed by atoms with E-state index in [1.807, 2.05) is 0 Å². The molecule has 312 valence electrons. The van der Waals surface area contributed by atoms with E-state index in [1.54, 1.807) is 0 Å². The lowest BCUT2D eigenvalue weighted by Gasteiger charge is -2.32. The molecule has 0 heterocycles. The van der Waals surface area contributed by atoms with Crippen molar-refractivity contribution in [1.82, 2.24) is 0 Å². The summed E-state index contributed by atoms with van der Waals surface area (Å²) in [5, 5.41) is 4.89. The van der Waals surface area contributed by atoms with Crippen molar-refractivity contribution in [2.45, 2.75) is 19.3 Å². The number of para-hydroxylation sites is 3. The van der Waals surface area contributed by atoms with Crippen molar-refractivity contribution in [3.8, 4) is 66.8 Å². The monoisotopic (exact) mass is 841 g/mol. The van der Waals surface area contributed by atoms with Gasteiger partial charge in [-0.15, -0.1) is 0 Å². The van der Waals surface area contributed by atoms with Gasteiger partial charge in [0.2, 0.25) is 0 Å². The van der Waals surface area contributed by atoms with Crippen LogP contribution >= 0.6 is 0 Å². The van der Waals surface area contributed by atoms with Gasteiger partial charge in [0, 0.05) is 22.1 Å². The van der Waals surface area contributed by atoms with Gasteiger partial charge < -0.3 is 4.90 Å². The highest BCUT2D eigenvalue weighted by Crippen LogP contribution is 2.55. The summed E-state index contributed by atoms with van der Waals surface area (Å²) in [6.45, 7) is 4.74. The van der Waals surface area contributed by atoms with E-state index < -0.39 is 0 Å². The molecule has 0 bridgehead atoms. The Hall–Kier alpha value is -8.26. The summed E-state index contributed by atoms with van der Waals surface area (Å²) in [6.07, 6.45) is 0. The number of anilines is 3. The number of nitrogens with zero attached hydrogens (tertiary/aromatic N) is 1. The Morgan fingerprint density at radius 3 is 1.08 bits per heavy atom. The molecule has 0 N–H and O–H groups in total. The molecule has 0 aromatic heterocycles. The molecular formula is C65H47N. The van der Waals surface area contributed by atoms with Crippen LogP contribution in [-0.4, -0.2) is 0 Å². The van der Waals surface area contributed by atoms with E-state index in [-0.39, 0.29) is 5.41 Å². The Morgan fingerprint density at radius 1 is 0.258 bits per heavy atom. The number of hydrogen-bond donors (Lipinski definition) is 0. The van der Waals surface area contributed by atoms with Crippen molar-refractivity contribution in [3.05, 3.63) is 260 Å². The van der Waals surface area contributed by atoms with Gasteiger partial charge in [0.1, 0.15) is 0 Å². The first-order valence-electron chi connectivity index (χ1n) is 23.0. The molecule has 0 fully saturated rings. The topological polar surface area (TPSA) is 3.24 Å². The van der Waals surface area contributed by atoms with Crippen molar-refractivity contribution in [2.75, 3.05) is 4.90 Å². The Labute approximate surface area is 387 Å². The van der Waals surface area contributed by atoms with E-state index in [1.165, 1.54) is 88.3 Å². The minimum absolute atomic E-state index is 0.134. The third-order valence-corrected chi connectivity index (χ3v) is 13.9. The standard InChI is InChI=1S/C65H47N/c1-65(2)57-39-13-9-33-56(57)64-55(38-21-40-58(64)65)52-32-12-16-43-61(52)66(59-41-14-10-30-50(59)53-36-19-28-46-26-17-34-48(62(46)53)44-22-5-3-6-23-44)60-42-15-11-31-51(60)54-37-20-29-47-27-18-35-49(63(47)54)45-24-7-4-8-25-45/h3-43H,1-2H3. The predicted octanol–water partition coefficient (Wildman–Crippen LogP) is 18.1. The van der Waals surface area contributed by atoms with Crippen molar-refractivity contribution in [1.29, 1.82) is 0 Å². The first kappa shape index (κ1) is 39.3. The zero-order chi connectivity index (χ0) is 44.2. The van der Waals surface area contributed by atoms with Crippen LogP contribution in [0, 0.1) is 0 Å². The quantitative estimate of drug-likeness (QED) is 0.147. The zero-order valence-corrected chi connectivity index (χ0v) is 37.1. The molecule has 1 aliphatic rings. The van der Waals surface area contributed by atoms with Crippen LogP contribution in [-0.2, 0) is 5.41 Å². The summed E-state index contributed by atoms with van der Waals surface area (Å²) in [6, 6.07) is 91.6. The fourth-order valence-electron chi connectivity index (χ4n) is 10.9. The number of hydrogen-bond acceptors (Lipinski definition) is 1. The highest BCUT2D eigenvalue weighted by atomic mass is 15.1. The van der Waals surface area contributed by atoms with E-state index in [9.17, 15) is 0 Å². The molecule has 1 aliphatic carbocycles. The van der Waals surface area contributed by atoms with Crippen molar-refractivity contribution < 1.29 is 0 Å². The van der Waals surface area contributed by atoms with Gasteiger partial charge in [-0.3, -0.25) is 0 Å². The first-order valence-corrected chi connectivity index (χ1v) is 23.0. The van der Waals surface area contributed by atoms with Gasteiger partial charge in [-0.1, -0.05) is 244 Å². The number of benzene rings is 11. The third-order valence-electron chi connectivity index (χ3n) is 13.9. The molecule has 12 rings (SSSR count). The zero-order valence-electron chi connectivity index (χ0n) is 37.1. The van der Waals surface area contributed by atoms with Crippen LogP contribution in [0.1, 0.15) is 25.0 Å². The molecule has 0 unspecified atom stereocenters. The van der Waals surface area contributed by atoms with Crippen LogP contribution < -0.4 is 4.90 Å². The largest absolute Gasteiger partial charge is 0.309 e. The summed E-state index contributed by atoms with van der Waals surface area (Å²) in [5.41, 5.74) is 20.5. The molecule has 11 aromatic rings. The Balaban J connectivity index is 1.17. The lowest BCUT2D eigenvalue weighted by atomic mass is 9.82. The number of fused-ring (bicyclic) bond motifs is 5. The summed E-state index contributed by atoms with van der Waals surface area (Å²) in [4.78, 5) is 2.55. The minimum atomic E-state index is -0.134. The molecule has 11 aromatic carbocycles. The second-order valence-corrected chi connectivity index (χ2v) is 17.9. The maximum atomic E-state index is 2.55. The van der Waals surface area contributed by atoms with Gasteiger partial charge >= 0.3 is 0 Å². The predicted molar refractivity (Wildman–Crippen MR) is 281 cm³/mol. The van der Waals surface area contributed by atoms with Gasteiger partial charge in [0.25, 0.3) is 0 Å². The van der Waals surface area contributed by atoms with E-state index >= 15 is 0 Å². The van der Waals surface area contributed by atoms with Gasteiger partial charge in [0.15, 0.2) is 0 Å². The lowest BCUT2D eigenvalue weighted by Crippen LogP contribution is -2.15. The SMILES string of the molecule is CC1(C)c2ccccc2-c2c(-c3ccccc3N(c3ccccc3-c3cccc4cccc(-c5ccccc5)c34)c3ccccc3-c3cccc4cccc(-c5ccccc5)c34)cccc21. The van der Waals surface area contributed by atoms with Crippen LogP contribution in [0.25, 0.3) is 88.3 Å². The van der Waals surface area contributed by atoms with Crippen LogP contribution in [0.4, 0.5) is 17.1 Å². The Kier molecular flexibility index (Phi) is 9.58. The molecule has 1 heteroatoms. The molecule has 0 atom stereocenters. The van der Waals surface area contributed by atoms with Gasteiger partial charge in [0.05, 0.1) is 17.1 Å². The Morgan fingerprint density at radius 2 is 0.591 bits per heavy atom. The van der Waals surface area contributed by atoms with Gasteiger partial charge in [-0.05, 0) is 101 Å². The van der Waals surface area contributed by atoms with Crippen molar-refractivity contribution in [2.24, 2.45) is 0 Å². The maximum absolute atomic E-state index is 2.55. The van der Waals surface area contributed by atoms with E-state index in [0.29, 0.717) is 0 Å². The summed E-state index contributed by atoms with van der Waals surface area (Å²) < 4.78 is 0. The fraction of sp³-hybridized carbons (Fsp3) is 0.0462. The molecule has 0 amide bonds. The maximum Gasteiger partial charge on any atom is 0.0540 e. The molecule has 1 nitrogen and oxygen atoms in total. The van der Waals surface area contributed by atoms with Crippen LogP contribution in [0.2, 0.25) is 0 Å². The van der Waals surface area contributed by atoms with Crippen LogP contribution in [0.5, 0.6) is 0 Å². The number of rotatable bonds is 8. The fourth-order valence-corrected chi connectivity index (χ4v) is 10.9. The van der Waals surface area contributed by atoms with Crippen molar-refractivity contribution >= 4 is 38.6 Å². The normalized spacial score (nSPS) is 12.5. The molecular weight excluding hydrogens is 795 g/mol. The molecule has 0 aliphatic heterocycles. The first-order chi connectivity index (χ1) is 32.6. The van der Waals surface area contributed by atoms with E-state index in [0.717, 1.165) is 28.2 Å². The Bertz CT molecular complexity index is 3440. The average molecular weight is 842 g/mol. The van der Waals surface area contributed by atoms with Gasteiger partial charge in [-0.2, -0.15) is 0 Å². The molecule has 0 saturated heterocycles. The smallest absolute Gasteiger partial charge is 0.0540 e. The third kappa shape index (κ3) is 6.38. The minimum Gasteiger partial charge on any atom is -0.309 e. The summed E-state index contributed by atoms with van der Waals surface area (Å²) in [5.74, 6) is 0. The van der Waals surface area contributed by atoms with E-state index in [4.69, 9.17) is 0 Å². The second kappa shape index (κ2) is 16.1. The van der Waals surface area contributed by atoms with Crippen LogP contribution in [0.15, 0.2) is 249 Å². The second-order valence-electron chi connectivity index (χ2n) is 17.9. The lowest BCUT2D eigenvalue weighted by molar-refractivity contribution is 0.660. The van der Waals surface area contributed by atoms with E-state index in [2.05, 4.69) is 267 Å².